The minimum atomic E-state index is 0.189. The molecule has 1 aromatic rings. The highest BCUT2D eigenvalue weighted by molar-refractivity contribution is 5.44. The topological polar surface area (TPSA) is 0 Å². The fourth-order valence-electron chi connectivity index (χ4n) is 3.20. The van der Waals surface area contributed by atoms with E-state index >= 15 is 0 Å². The summed E-state index contributed by atoms with van der Waals surface area (Å²) in [4.78, 5) is 0. The second-order valence-corrected chi connectivity index (χ2v) is 9.92. The Morgan fingerprint density at radius 2 is 1.50 bits per heavy atom. The average molecular weight is 325 g/mol. The molecule has 1 saturated carbocycles. The van der Waals surface area contributed by atoms with Crippen molar-refractivity contribution in [2.45, 2.75) is 85.0 Å². The number of allylic oxidation sites excluding steroid dienone is 4. The maximum absolute atomic E-state index is 2.46. The van der Waals surface area contributed by atoms with Crippen LogP contribution in [0.25, 0.3) is 0 Å². The summed E-state index contributed by atoms with van der Waals surface area (Å²) in [5.41, 5.74) is 6.47. The molecule has 2 rings (SSSR count). The molecular weight excluding hydrogens is 288 g/mol. The highest BCUT2D eigenvalue weighted by Crippen LogP contribution is 2.55. The third-order valence-corrected chi connectivity index (χ3v) is 5.67. The third-order valence-electron chi connectivity index (χ3n) is 5.67. The molecular formula is C24H36. The van der Waals surface area contributed by atoms with Crippen LogP contribution in [-0.4, -0.2) is 0 Å². The first kappa shape index (κ1) is 19.0. The van der Waals surface area contributed by atoms with Gasteiger partial charge < -0.3 is 0 Å². The Labute approximate surface area is 150 Å². The van der Waals surface area contributed by atoms with Crippen LogP contribution >= 0.6 is 0 Å². The lowest BCUT2D eigenvalue weighted by Gasteiger charge is -2.27. The molecule has 0 saturated heterocycles. The SMILES string of the molecule is C/C=C(C)/C=C/C1CC1(C)c1cc(C(C)(C)C)cc(C(C)(C)C)c1. The molecule has 24 heavy (non-hydrogen) atoms. The van der Waals surface area contributed by atoms with E-state index in [9.17, 15) is 0 Å². The van der Waals surface area contributed by atoms with E-state index in [1.807, 2.05) is 0 Å². The molecule has 0 aliphatic heterocycles. The Bertz CT molecular complexity index is 626. The molecule has 132 valence electrons. The fourth-order valence-corrected chi connectivity index (χ4v) is 3.20. The van der Waals surface area contributed by atoms with Gasteiger partial charge >= 0.3 is 0 Å². The summed E-state index contributed by atoms with van der Waals surface area (Å²) in [6.45, 7) is 20.6. The lowest BCUT2D eigenvalue weighted by Crippen LogP contribution is -2.18. The molecule has 0 spiro atoms. The quantitative estimate of drug-likeness (QED) is 0.521. The van der Waals surface area contributed by atoms with Gasteiger partial charge in [-0.1, -0.05) is 90.5 Å². The Kier molecular flexibility index (Phi) is 4.92. The summed E-state index contributed by atoms with van der Waals surface area (Å²) in [6.07, 6.45) is 8.13. The van der Waals surface area contributed by atoms with Gasteiger partial charge in [-0.2, -0.15) is 0 Å². The Hall–Kier alpha value is -1.30. The molecule has 1 aromatic carbocycles. The van der Waals surface area contributed by atoms with E-state index in [1.54, 1.807) is 0 Å². The summed E-state index contributed by atoms with van der Waals surface area (Å²) in [6, 6.07) is 7.35. The Balaban J connectivity index is 2.42. The predicted molar refractivity (Wildman–Crippen MR) is 108 cm³/mol. The van der Waals surface area contributed by atoms with E-state index in [1.165, 1.54) is 28.7 Å². The van der Waals surface area contributed by atoms with E-state index in [0.29, 0.717) is 11.3 Å². The highest BCUT2D eigenvalue weighted by atomic mass is 14.5. The monoisotopic (exact) mass is 324 g/mol. The van der Waals surface area contributed by atoms with Gasteiger partial charge in [0.05, 0.1) is 0 Å². The number of benzene rings is 1. The van der Waals surface area contributed by atoms with Crippen LogP contribution < -0.4 is 0 Å². The molecule has 1 aliphatic carbocycles. The molecule has 0 nitrogen and oxygen atoms in total. The molecule has 1 fully saturated rings. The third kappa shape index (κ3) is 4.02. The lowest BCUT2D eigenvalue weighted by molar-refractivity contribution is 0.563. The van der Waals surface area contributed by atoms with Crippen molar-refractivity contribution < 1.29 is 0 Å². The minimum absolute atomic E-state index is 0.189. The molecule has 0 aromatic heterocycles. The van der Waals surface area contributed by atoms with Gasteiger partial charge in [0.1, 0.15) is 0 Å². The van der Waals surface area contributed by atoms with E-state index < -0.39 is 0 Å². The van der Waals surface area contributed by atoms with Gasteiger partial charge in [0.15, 0.2) is 0 Å². The second kappa shape index (κ2) is 6.21. The molecule has 0 bridgehead atoms. The lowest BCUT2D eigenvalue weighted by atomic mass is 9.77. The second-order valence-electron chi connectivity index (χ2n) is 9.92. The van der Waals surface area contributed by atoms with Gasteiger partial charge in [0.2, 0.25) is 0 Å². The summed E-state index contributed by atoms with van der Waals surface area (Å²) >= 11 is 0. The van der Waals surface area contributed by atoms with Gasteiger partial charge in [-0.3, -0.25) is 0 Å². The van der Waals surface area contributed by atoms with Crippen molar-refractivity contribution in [3.63, 3.8) is 0 Å². The standard InChI is InChI=1S/C24H36/c1-10-17(2)11-12-18-16-24(18,9)21-14-19(22(3,4)5)13-20(15-21)23(6,7)8/h10-15,18H,16H2,1-9H3/b12-11+,17-10+. The van der Waals surface area contributed by atoms with Crippen LogP contribution in [0, 0.1) is 5.92 Å². The number of hydrogen-bond acceptors (Lipinski definition) is 0. The van der Waals surface area contributed by atoms with Crippen LogP contribution in [-0.2, 0) is 16.2 Å². The van der Waals surface area contributed by atoms with Crippen LogP contribution in [0.3, 0.4) is 0 Å². The molecule has 0 heteroatoms. The number of rotatable bonds is 3. The average Bonchev–Trinajstić information content (AvgIpc) is 3.14. The summed E-state index contributed by atoms with van der Waals surface area (Å²) in [7, 11) is 0. The first-order chi connectivity index (χ1) is 10.9. The van der Waals surface area contributed by atoms with Crippen LogP contribution in [0.5, 0.6) is 0 Å². The molecule has 2 atom stereocenters. The van der Waals surface area contributed by atoms with Gasteiger partial charge in [-0.05, 0) is 59.1 Å². The van der Waals surface area contributed by atoms with Gasteiger partial charge in [0.25, 0.3) is 0 Å². The van der Waals surface area contributed by atoms with Crippen molar-refractivity contribution in [1.82, 2.24) is 0 Å². The summed E-state index contributed by atoms with van der Waals surface area (Å²) in [5, 5.41) is 0. The van der Waals surface area contributed by atoms with E-state index in [4.69, 9.17) is 0 Å². The van der Waals surface area contributed by atoms with Crippen molar-refractivity contribution in [2.24, 2.45) is 5.92 Å². The van der Waals surface area contributed by atoms with Gasteiger partial charge in [0, 0.05) is 0 Å². The molecule has 1 aliphatic rings. The number of hydrogen-bond donors (Lipinski definition) is 0. The van der Waals surface area contributed by atoms with Crippen molar-refractivity contribution in [3.8, 4) is 0 Å². The van der Waals surface area contributed by atoms with Crippen LogP contribution in [0.4, 0.5) is 0 Å². The molecule has 0 amide bonds. The van der Waals surface area contributed by atoms with Crippen molar-refractivity contribution in [3.05, 3.63) is 58.7 Å². The van der Waals surface area contributed by atoms with Gasteiger partial charge in [-0.15, -0.1) is 0 Å². The van der Waals surface area contributed by atoms with Crippen molar-refractivity contribution >= 4 is 0 Å². The molecule has 0 N–H and O–H groups in total. The van der Waals surface area contributed by atoms with E-state index in [2.05, 4.69) is 98.7 Å². The van der Waals surface area contributed by atoms with Crippen molar-refractivity contribution in [2.75, 3.05) is 0 Å². The first-order valence-electron chi connectivity index (χ1n) is 9.35. The maximum atomic E-state index is 2.46. The van der Waals surface area contributed by atoms with Crippen LogP contribution in [0.2, 0.25) is 0 Å². The predicted octanol–water partition coefficient (Wildman–Crippen LogP) is 7.08. The molecule has 0 heterocycles. The van der Waals surface area contributed by atoms with E-state index in [-0.39, 0.29) is 10.8 Å². The Morgan fingerprint density at radius 1 is 1.00 bits per heavy atom. The van der Waals surface area contributed by atoms with E-state index in [0.717, 1.165) is 0 Å². The smallest absolute Gasteiger partial charge is 0.000601 e. The first-order valence-corrected chi connectivity index (χ1v) is 9.35. The Morgan fingerprint density at radius 3 is 1.92 bits per heavy atom. The van der Waals surface area contributed by atoms with Crippen LogP contribution in [0.15, 0.2) is 42.0 Å². The zero-order chi connectivity index (χ0) is 18.3. The zero-order valence-electron chi connectivity index (χ0n) is 17.2. The van der Waals surface area contributed by atoms with Crippen molar-refractivity contribution in [1.29, 1.82) is 0 Å². The molecule has 2 unspecified atom stereocenters. The molecule has 0 radical (unpaired) electrons. The zero-order valence-corrected chi connectivity index (χ0v) is 17.2. The highest BCUT2D eigenvalue weighted by Gasteiger charge is 2.49. The fraction of sp³-hybridized carbons (Fsp3) is 0.583. The summed E-state index contributed by atoms with van der Waals surface area (Å²) in [5.74, 6) is 0.662. The summed E-state index contributed by atoms with van der Waals surface area (Å²) < 4.78 is 0. The largest absolute Gasteiger partial charge is 0.0847 e. The normalized spacial score (nSPS) is 25.4. The van der Waals surface area contributed by atoms with Crippen LogP contribution in [0.1, 0.15) is 85.4 Å². The maximum Gasteiger partial charge on any atom is -0.000601 e. The minimum Gasteiger partial charge on any atom is -0.0847 e. The van der Waals surface area contributed by atoms with Gasteiger partial charge in [-0.25, -0.2) is 0 Å².